The third-order valence-electron chi connectivity index (χ3n) is 4.56. The van der Waals surface area contributed by atoms with Gasteiger partial charge in [0, 0.05) is 25.4 Å². The summed E-state index contributed by atoms with van der Waals surface area (Å²) in [6.07, 6.45) is 15.4. The molecule has 2 rings (SSSR count). The molecule has 0 aromatic carbocycles. The lowest BCUT2D eigenvalue weighted by Gasteiger charge is -2.20. The van der Waals surface area contributed by atoms with E-state index in [9.17, 15) is 0 Å². The topological polar surface area (TPSA) is 56.7 Å². The molecule has 0 spiro atoms. The van der Waals surface area contributed by atoms with Crippen molar-refractivity contribution < 1.29 is 0 Å². The number of fused-ring (bicyclic) bond motifs is 1. The number of hydrogen-bond acceptors (Lipinski definition) is 3. The standard InChI is InChI=1S/C17H32N4/c1-2-3-4-5-6-7-8-9-10-11-16-19-20-17-13-12-15(18)14-21(16)17/h15H,2-14,18H2,1H3. The lowest BCUT2D eigenvalue weighted by molar-refractivity contribution is 0.440. The van der Waals surface area contributed by atoms with Crippen LogP contribution in [0, 0.1) is 0 Å². The van der Waals surface area contributed by atoms with Crippen LogP contribution in [-0.4, -0.2) is 20.8 Å². The molecule has 1 aromatic rings. The minimum Gasteiger partial charge on any atom is -0.326 e. The Balaban J connectivity index is 1.56. The normalized spacial score (nSPS) is 17.9. The SMILES string of the molecule is CCCCCCCCCCCc1nnc2n1CC(N)CC2. The Hall–Kier alpha value is -0.900. The van der Waals surface area contributed by atoms with E-state index < -0.39 is 0 Å². The first-order valence-electron chi connectivity index (χ1n) is 8.97. The number of rotatable bonds is 10. The predicted octanol–water partition coefficient (Wildman–Crippen LogP) is 3.62. The van der Waals surface area contributed by atoms with Crippen LogP contribution in [0.1, 0.15) is 82.8 Å². The van der Waals surface area contributed by atoms with Crippen LogP contribution in [0.15, 0.2) is 0 Å². The zero-order chi connectivity index (χ0) is 14.9. The van der Waals surface area contributed by atoms with Gasteiger partial charge in [-0.1, -0.05) is 58.3 Å². The molecule has 1 atom stereocenters. The van der Waals surface area contributed by atoms with Crippen LogP contribution in [0.2, 0.25) is 0 Å². The average Bonchev–Trinajstić information content (AvgIpc) is 2.88. The molecule has 0 saturated carbocycles. The molecule has 21 heavy (non-hydrogen) atoms. The van der Waals surface area contributed by atoms with Gasteiger partial charge in [-0.05, 0) is 12.8 Å². The van der Waals surface area contributed by atoms with Crippen molar-refractivity contribution in [1.29, 1.82) is 0 Å². The van der Waals surface area contributed by atoms with Gasteiger partial charge in [0.1, 0.15) is 11.6 Å². The fraction of sp³-hybridized carbons (Fsp3) is 0.882. The minimum absolute atomic E-state index is 0.287. The van der Waals surface area contributed by atoms with E-state index in [4.69, 9.17) is 5.73 Å². The molecular weight excluding hydrogens is 260 g/mol. The highest BCUT2D eigenvalue weighted by atomic mass is 15.3. The maximum atomic E-state index is 6.05. The highest BCUT2D eigenvalue weighted by molar-refractivity contribution is 5.01. The molecule has 1 aliphatic rings. The lowest BCUT2D eigenvalue weighted by Crippen LogP contribution is -2.32. The molecule has 0 bridgehead atoms. The van der Waals surface area contributed by atoms with Crippen molar-refractivity contribution in [2.24, 2.45) is 5.73 Å². The van der Waals surface area contributed by atoms with Gasteiger partial charge in [-0.2, -0.15) is 0 Å². The third kappa shape index (κ3) is 5.42. The van der Waals surface area contributed by atoms with E-state index >= 15 is 0 Å². The van der Waals surface area contributed by atoms with Crippen molar-refractivity contribution >= 4 is 0 Å². The van der Waals surface area contributed by atoms with Gasteiger partial charge in [-0.25, -0.2) is 0 Å². The monoisotopic (exact) mass is 292 g/mol. The average molecular weight is 292 g/mol. The summed E-state index contributed by atoms with van der Waals surface area (Å²) < 4.78 is 2.26. The fourth-order valence-electron chi connectivity index (χ4n) is 3.19. The number of hydrogen-bond donors (Lipinski definition) is 1. The Kier molecular flexibility index (Phi) is 7.20. The number of aryl methyl sites for hydroxylation is 2. The van der Waals surface area contributed by atoms with Gasteiger partial charge in [0.15, 0.2) is 0 Å². The lowest BCUT2D eigenvalue weighted by atomic mass is 10.1. The summed E-state index contributed by atoms with van der Waals surface area (Å²) in [5, 5.41) is 8.66. The number of nitrogens with zero attached hydrogens (tertiary/aromatic N) is 3. The first-order valence-corrected chi connectivity index (χ1v) is 8.97. The smallest absolute Gasteiger partial charge is 0.133 e. The maximum absolute atomic E-state index is 6.05. The molecule has 120 valence electrons. The maximum Gasteiger partial charge on any atom is 0.133 e. The van der Waals surface area contributed by atoms with Gasteiger partial charge < -0.3 is 10.3 Å². The first-order chi connectivity index (χ1) is 10.3. The van der Waals surface area contributed by atoms with Crippen molar-refractivity contribution in [3.8, 4) is 0 Å². The summed E-state index contributed by atoms with van der Waals surface area (Å²) in [6, 6.07) is 0.287. The molecule has 4 nitrogen and oxygen atoms in total. The summed E-state index contributed by atoms with van der Waals surface area (Å²) in [5.74, 6) is 2.30. The van der Waals surface area contributed by atoms with Crippen molar-refractivity contribution in [1.82, 2.24) is 14.8 Å². The van der Waals surface area contributed by atoms with Crippen LogP contribution < -0.4 is 5.73 Å². The van der Waals surface area contributed by atoms with Gasteiger partial charge in [0.2, 0.25) is 0 Å². The van der Waals surface area contributed by atoms with Gasteiger partial charge in [-0.15, -0.1) is 10.2 Å². The van der Waals surface area contributed by atoms with Crippen LogP contribution in [0.5, 0.6) is 0 Å². The van der Waals surface area contributed by atoms with Crippen LogP contribution in [-0.2, 0) is 19.4 Å². The Morgan fingerprint density at radius 3 is 2.38 bits per heavy atom. The third-order valence-corrected chi connectivity index (χ3v) is 4.56. The summed E-state index contributed by atoms with van der Waals surface area (Å²) >= 11 is 0. The van der Waals surface area contributed by atoms with Gasteiger partial charge in [0.25, 0.3) is 0 Å². The second kappa shape index (κ2) is 9.19. The molecule has 1 aromatic heterocycles. The molecule has 0 aliphatic carbocycles. The van der Waals surface area contributed by atoms with Crippen LogP contribution >= 0.6 is 0 Å². The Bertz CT molecular complexity index is 399. The second-order valence-corrected chi connectivity index (χ2v) is 6.52. The molecule has 2 N–H and O–H groups in total. The molecule has 1 aliphatic heterocycles. The van der Waals surface area contributed by atoms with E-state index in [1.165, 1.54) is 57.8 Å². The quantitative estimate of drug-likeness (QED) is 0.670. The van der Waals surface area contributed by atoms with Gasteiger partial charge in [0.05, 0.1) is 0 Å². The molecule has 0 amide bonds. The van der Waals surface area contributed by atoms with Crippen molar-refractivity contribution in [2.45, 2.75) is 96.6 Å². The molecule has 0 radical (unpaired) electrons. The van der Waals surface area contributed by atoms with E-state index in [0.717, 1.165) is 37.5 Å². The van der Waals surface area contributed by atoms with E-state index in [1.807, 2.05) is 0 Å². The number of unbranched alkanes of at least 4 members (excludes halogenated alkanes) is 8. The van der Waals surface area contributed by atoms with Crippen molar-refractivity contribution in [3.63, 3.8) is 0 Å². The second-order valence-electron chi connectivity index (χ2n) is 6.52. The van der Waals surface area contributed by atoms with E-state index in [0.29, 0.717) is 0 Å². The first kappa shape index (κ1) is 16.5. The fourth-order valence-corrected chi connectivity index (χ4v) is 3.19. The Morgan fingerprint density at radius 1 is 1.00 bits per heavy atom. The summed E-state index contributed by atoms with van der Waals surface area (Å²) in [5.41, 5.74) is 6.05. The number of nitrogens with two attached hydrogens (primary N) is 1. The molecule has 1 unspecified atom stereocenters. The number of aromatic nitrogens is 3. The highest BCUT2D eigenvalue weighted by Crippen LogP contribution is 2.16. The molecule has 4 heteroatoms. The van der Waals surface area contributed by atoms with Crippen LogP contribution in [0.4, 0.5) is 0 Å². The zero-order valence-corrected chi connectivity index (χ0v) is 13.7. The molecule has 2 heterocycles. The van der Waals surface area contributed by atoms with Gasteiger partial charge in [-0.3, -0.25) is 0 Å². The zero-order valence-electron chi connectivity index (χ0n) is 13.7. The largest absolute Gasteiger partial charge is 0.326 e. The Labute approximate surface area is 129 Å². The van der Waals surface area contributed by atoms with Crippen molar-refractivity contribution in [3.05, 3.63) is 11.6 Å². The predicted molar refractivity (Wildman–Crippen MR) is 87.2 cm³/mol. The van der Waals surface area contributed by atoms with E-state index in [2.05, 4.69) is 21.7 Å². The summed E-state index contributed by atoms with van der Waals surface area (Å²) in [7, 11) is 0. The summed E-state index contributed by atoms with van der Waals surface area (Å²) in [6.45, 7) is 3.19. The minimum atomic E-state index is 0.287. The van der Waals surface area contributed by atoms with Crippen molar-refractivity contribution in [2.75, 3.05) is 0 Å². The Morgan fingerprint density at radius 2 is 1.67 bits per heavy atom. The summed E-state index contributed by atoms with van der Waals surface area (Å²) in [4.78, 5) is 0. The van der Waals surface area contributed by atoms with Crippen LogP contribution in [0.3, 0.4) is 0 Å². The van der Waals surface area contributed by atoms with Gasteiger partial charge >= 0.3 is 0 Å². The van der Waals surface area contributed by atoms with E-state index in [1.54, 1.807) is 0 Å². The molecule has 0 saturated heterocycles. The molecule has 0 fully saturated rings. The van der Waals surface area contributed by atoms with E-state index in [-0.39, 0.29) is 6.04 Å². The van der Waals surface area contributed by atoms with Crippen LogP contribution in [0.25, 0.3) is 0 Å². The highest BCUT2D eigenvalue weighted by Gasteiger charge is 2.19. The molecular formula is C17H32N4.